The summed E-state index contributed by atoms with van der Waals surface area (Å²) in [4.78, 5) is 14.5. The summed E-state index contributed by atoms with van der Waals surface area (Å²) in [6.07, 6.45) is 2.13. The van der Waals surface area contributed by atoms with E-state index in [0.717, 1.165) is 36.3 Å². The van der Waals surface area contributed by atoms with Gasteiger partial charge in [-0.3, -0.25) is 4.79 Å². The summed E-state index contributed by atoms with van der Waals surface area (Å²) < 4.78 is 11.8. The maximum absolute atomic E-state index is 12.7. The Morgan fingerprint density at radius 2 is 2.08 bits per heavy atom. The smallest absolute Gasteiger partial charge is 0.252 e. The number of ether oxygens (including phenoxy) is 1. The highest BCUT2D eigenvalue weighted by Gasteiger charge is 2.34. The van der Waals surface area contributed by atoms with Gasteiger partial charge in [0.25, 0.3) is 5.91 Å². The van der Waals surface area contributed by atoms with Crippen LogP contribution in [0.25, 0.3) is 11.3 Å². The molecule has 2 N–H and O–H groups in total. The molecule has 2 aromatic rings. The van der Waals surface area contributed by atoms with Gasteiger partial charge in [-0.1, -0.05) is 30.3 Å². The van der Waals surface area contributed by atoms with E-state index in [9.17, 15) is 4.79 Å². The van der Waals surface area contributed by atoms with Crippen LogP contribution in [0.1, 0.15) is 24.2 Å². The third-order valence-corrected chi connectivity index (χ3v) is 4.90. The highest BCUT2D eigenvalue weighted by molar-refractivity contribution is 5.81. The van der Waals surface area contributed by atoms with Crippen molar-refractivity contribution in [3.05, 3.63) is 47.7 Å². The SMILES string of the molecule is NC[C@H]1CC[C@@H](C(=O)N2CCc3cc(-c4ccccc4)oc3C2)O1. The number of carbonyl (C=O) groups is 1. The zero-order chi connectivity index (χ0) is 16.5. The number of fused-ring (bicyclic) bond motifs is 1. The molecule has 0 bridgehead atoms. The van der Waals surface area contributed by atoms with E-state index in [1.165, 1.54) is 5.56 Å². The lowest BCUT2D eigenvalue weighted by Gasteiger charge is -2.28. The molecule has 1 aromatic heterocycles. The van der Waals surface area contributed by atoms with Crippen molar-refractivity contribution in [1.82, 2.24) is 4.90 Å². The third kappa shape index (κ3) is 2.85. The molecule has 2 atom stereocenters. The number of rotatable bonds is 3. The molecule has 4 rings (SSSR count). The monoisotopic (exact) mass is 326 g/mol. The lowest BCUT2D eigenvalue weighted by Crippen LogP contribution is -2.42. The van der Waals surface area contributed by atoms with E-state index >= 15 is 0 Å². The lowest BCUT2D eigenvalue weighted by atomic mass is 10.1. The van der Waals surface area contributed by atoms with Gasteiger partial charge < -0.3 is 19.8 Å². The van der Waals surface area contributed by atoms with Crippen LogP contribution in [0.2, 0.25) is 0 Å². The minimum absolute atomic E-state index is 0.0209. The van der Waals surface area contributed by atoms with Crippen molar-refractivity contribution in [2.24, 2.45) is 5.73 Å². The second-order valence-corrected chi connectivity index (χ2v) is 6.49. The first kappa shape index (κ1) is 15.4. The molecule has 5 heteroatoms. The Kier molecular flexibility index (Phi) is 4.12. The Labute approximate surface area is 141 Å². The molecular formula is C19H22N2O3. The topological polar surface area (TPSA) is 68.7 Å². The molecule has 0 radical (unpaired) electrons. The predicted octanol–water partition coefficient (Wildman–Crippen LogP) is 2.34. The molecule has 24 heavy (non-hydrogen) atoms. The number of nitrogens with two attached hydrogens (primary N) is 1. The molecule has 2 aliphatic rings. The standard InChI is InChI=1S/C19H22N2O3/c20-11-15-6-7-16(23-15)19(22)21-9-8-14-10-17(24-18(14)12-21)13-4-2-1-3-5-13/h1-5,10,15-16H,6-9,11-12,20H2/t15-,16+/m1/s1. The fraction of sp³-hybridized carbons (Fsp3) is 0.421. The van der Waals surface area contributed by atoms with Crippen LogP contribution in [0.15, 0.2) is 40.8 Å². The summed E-state index contributed by atoms with van der Waals surface area (Å²) in [7, 11) is 0. The summed E-state index contributed by atoms with van der Waals surface area (Å²) in [5, 5.41) is 0. The number of amides is 1. The lowest BCUT2D eigenvalue weighted by molar-refractivity contribution is -0.144. The molecule has 0 unspecified atom stereocenters. The Morgan fingerprint density at radius 1 is 1.25 bits per heavy atom. The van der Waals surface area contributed by atoms with E-state index in [4.69, 9.17) is 14.9 Å². The van der Waals surface area contributed by atoms with Crippen LogP contribution in [-0.2, 0) is 22.5 Å². The highest BCUT2D eigenvalue weighted by Crippen LogP contribution is 2.30. The number of nitrogens with zero attached hydrogens (tertiary/aromatic N) is 1. The first-order valence-corrected chi connectivity index (χ1v) is 8.56. The van der Waals surface area contributed by atoms with Gasteiger partial charge in [-0.25, -0.2) is 0 Å². The van der Waals surface area contributed by atoms with Gasteiger partial charge >= 0.3 is 0 Å². The van der Waals surface area contributed by atoms with E-state index in [2.05, 4.69) is 6.07 Å². The average Bonchev–Trinajstić information content (AvgIpc) is 3.28. The summed E-state index contributed by atoms with van der Waals surface area (Å²) in [6.45, 7) is 1.72. The van der Waals surface area contributed by atoms with Crippen molar-refractivity contribution >= 4 is 5.91 Å². The van der Waals surface area contributed by atoms with Crippen LogP contribution in [0.4, 0.5) is 0 Å². The van der Waals surface area contributed by atoms with Crippen molar-refractivity contribution < 1.29 is 13.9 Å². The number of carbonyl (C=O) groups excluding carboxylic acids is 1. The van der Waals surface area contributed by atoms with E-state index in [1.54, 1.807) is 0 Å². The van der Waals surface area contributed by atoms with Crippen LogP contribution < -0.4 is 5.73 Å². The van der Waals surface area contributed by atoms with Crippen LogP contribution in [0, 0.1) is 0 Å². The Morgan fingerprint density at radius 3 is 2.83 bits per heavy atom. The van der Waals surface area contributed by atoms with Crippen molar-refractivity contribution in [1.29, 1.82) is 0 Å². The molecule has 2 aliphatic heterocycles. The van der Waals surface area contributed by atoms with Crippen molar-refractivity contribution in [3.8, 4) is 11.3 Å². The third-order valence-electron chi connectivity index (χ3n) is 4.90. The van der Waals surface area contributed by atoms with E-state index in [-0.39, 0.29) is 18.1 Å². The maximum atomic E-state index is 12.7. The fourth-order valence-corrected chi connectivity index (χ4v) is 3.52. The van der Waals surface area contributed by atoms with Gasteiger partial charge in [0.15, 0.2) is 0 Å². The Balaban J connectivity index is 1.48. The van der Waals surface area contributed by atoms with Crippen molar-refractivity contribution in [3.63, 3.8) is 0 Å². The van der Waals surface area contributed by atoms with Crippen molar-refractivity contribution in [2.45, 2.75) is 38.0 Å². The molecular weight excluding hydrogens is 304 g/mol. The second-order valence-electron chi connectivity index (χ2n) is 6.49. The van der Waals surface area contributed by atoms with E-state index in [0.29, 0.717) is 19.6 Å². The largest absolute Gasteiger partial charge is 0.459 e. The van der Waals surface area contributed by atoms with Crippen LogP contribution in [0.3, 0.4) is 0 Å². The molecule has 5 nitrogen and oxygen atoms in total. The van der Waals surface area contributed by atoms with Gasteiger partial charge in [-0.15, -0.1) is 0 Å². The molecule has 1 saturated heterocycles. The molecule has 0 aliphatic carbocycles. The molecule has 0 saturated carbocycles. The summed E-state index contributed by atoms with van der Waals surface area (Å²) in [5.41, 5.74) is 7.89. The average molecular weight is 326 g/mol. The second kappa shape index (κ2) is 6.42. The molecule has 1 fully saturated rings. The quantitative estimate of drug-likeness (QED) is 0.940. The predicted molar refractivity (Wildman–Crippen MR) is 90.2 cm³/mol. The van der Waals surface area contributed by atoms with Gasteiger partial charge in [0.05, 0.1) is 12.6 Å². The van der Waals surface area contributed by atoms with Crippen molar-refractivity contribution in [2.75, 3.05) is 13.1 Å². The number of benzene rings is 1. The molecule has 1 aromatic carbocycles. The maximum Gasteiger partial charge on any atom is 0.252 e. The number of hydrogen-bond donors (Lipinski definition) is 1. The van der Waals surface area contributed by atoms with Gasteiger partial charge in [0.2, 0.25) is 0 Å². The molecule has 126 valence electrons. The van der Waals surface area contributed by atoms with Gasteiger partial charge in [-0.2, -0.15) is 0 Å². The summed E-state index contributed by atoms with van der Waals surface area (Å²) >= 11 is 0. The van der Waals surface area contributed by atoms with Gasteiger partial charge in [0, 0.05) is 18.7 Å². The van der Waals surface area contributed by atoms with Gasteiger partial charge in [-0.05, 0) is 30.9 Å². The minimum atomic E-state index is -0.344. The highest BCUT2D eigenvalue weighted by atomic mass is 16.5. The normalized spacial score (nSPS) is 23.3. The van der Waals surface area contributed by atoms with Crippen LogP contribution >= 0.6 is 0 Å². The summed E-state index contributed by atoms with van der Waals surface area (Å²) in [5.74, 6) is 1.83. The Hall–Kier alpha value is -2.11. The van der Waals surface area contributed by atoms with Crippen LogP contribution in [0.5, 0.6) is 0 Å². The van der Waals surface area contributed by atoms with Crippen LogP contribution in [-0.4, -0.2) is 36.1 Å². The molecule has 0 spiro atoms. The summed E-state index contributed by atoms with van der Waals surface area (Å²) in [6, 6.07) is 12.2. The zero-order valence-corrected chi connectivity index (χ0v) is 13.6. The minimum Gasteiger partial charge on any atom is -0.459 e. The molecule has 3 heterocycles. The van der Waals surface area contributed by atoms with Gasteiger partial charge in [0.1, 0.15) is 17.6 Å². The first-order valence-electron chi connectivity index (χ1n) is 8.56. The Bertz CT molecular complexity index is 725. The zero-order valence-electron chi connectivity index (χ0n) is 13.6. The number of furan rings is 1. The first-order chi connectivity index (χ1) is 11.7. The van der Waals surface area contributed by atoms with E-state index < -0.39 is 0 Å². The molecule has 1 amide bonds. The number of hydrogen-bond acceptors (Lipinski definition) is 4. The fourth-order valence-electron chi connectivity index (χ4n) is 3.52. The van der Waals surface area contributed by atoms with E-state index in [1.807, 2.05) is 35.2 Å².